The second-order valence-electron chi connectivity index (χ2n) is 4.32. The number of carbonyl (C=O) groups is 1. The SMILES string of the molecule is CC1NCCN(C(=O)c2ccnn2C)C1C.Cl. The number of piperazine rings is 1. The fraction of sp³-hybridized carbons (Fsp3) is 0.636. The molecule has 2 heterocycles. The first kappa shape index (κ1) is 14.0. The summed E-state index contributed by atoms with van der Waals surface area (Å²) >= 11 is 0. The molecular weight excluding hydrogens is 240 g/mol. The zero-order chi connectivity index (χ0) is 11.7. The molecule has 2 atom stereocenters. The first-order chi connectivity index (χ1) is 7.61. The minimum absolute atomic E-state index is 0. The Morgan fingerprint density at radius 3 is 2.82 bits per heavy atom. The van der Waals surface area contributed by atoms with E-state index < -0.39 is 0 Å². The summed E-state index contributed by atoms with van der Waals surface area (Å²) in [5.41, 5.74) is 0.654. The average molecular weight is 259 g/mol. The average Bonchev–Trinajstić information content (AvgIpc) is 2.68. The van der Waals surface area contributed by atoms with Crippen LogP contribution in [0, 0.1) is 0 Å². The van der Waals surface area contributed by atoms with Crippen molar-refractivity contribution in [3.8, 4) is 0 Å². The topological polar surface area (TPSA) is 50.2 Å². The van der Waals surface area contributed by atoms with Gasteiger partial charge in [-0.2, -0.15) is 5.10 Å². The number of carbonyl (C=O) groups excluding carboxylic acids is 1. The second kappa shape index (κ2) is 5.51. The highest BCUT2D eigenvalue weighted by molar-refractivity contribution is 5.92. The lowest BCUT2D eigenvalue weighted by molar-refractivity contribution is 0.0591. The van der Waals surface area contributed by atoms with E-state index in [1.807, 2.05) is 4.90 Å². The number of nitrogens with one attached hydrogen (secondary N) is 1. The molecule has 0 saturated carbocycles. The van der Waals surface area contributed by atoms with E-state index in [2.05, 4.69) is 24.3 Å². The predicted octanol–water partition coefficient (Wildman–Crippen LogP) is 0.664. The molecule has 0 aromatic carbocycles. The van der Waals surface area contributed by atoms with Gasteiger partial charge in [0.25, 0.3) is 5.91 Å². The normalized spacial score (nSPS) is 24.3. The fourth-order valence-corrected chi connectivity index (χ4v) is 2.07. The van der Waals surface area contributed by atoms with Crippen molar-refractivity contribution in [1.29, 1.82) is 0 Å². The van der Waals surface area contributed by atoms with Crippen molar-refractivity contribution in [2.75, 3.05) is 13.1 Å². The van der Waals surface area contributed by atoms with Crippen molar-refractivity contribution in [2.24, 2.45) is 7.05 Å². The molecule has 0 spiro atoms. The summed E-state index contributed by atoms with van der Waals surface area (Å²) in [6.45, 7) is 5.79. The summed E-state index contributed by atoms with van der Waals surface area (Å²) in [7, 11) is 1.80. The van der Waals surface area contributed by atoms with Gasteiger partial charge in [-0.3, -0.25) is 9.48 Å². The lowest BCUT2D eigenvalue weighted by atomic mass is 10.1. The molecule has 1 N–H and O–H groups in total. The van der Waals surface area contributed by atoms with E-state index in [0.717, 1.165) is 13.1 Å². The van der Waals surface area contributed by atoms with Gasteiger partial charge >= 0.3 is 0 Å². The minimum atomic E-state index is 0. The van der Waals surface area contributed by atoms with Gasteiger partial charge in [0.05, 0.1) is 0 Å². The highest BCUT2D eigenvalue weighted by atomic mass is 35.5. The van der Waals surface area contributed by atoms with Gasteiger partial charge < -0.3 is 10.2 Å². The molecule has 1 aliphatic rings. The number of hydrogen-bond acceptors (Lipinski definition) is 3. The van der Waals surface area contributed by atoms with Gasteiger partial charge in [-0.15, -0.1) is 12.4 Å². The molecule has 2 rings (SSSR count). The van der Waals surface area contributed by atoms with E-state index >= 15 is 0 Å². The third-order valence-electron chi connectivity index (χ3n) is 3.34. The number of hydrogen-bond donors (Lipinski definition) is 1. The van der Waals surface area contributed by atoms with Crippen LogP contribution in [0.15, 0.2) is 12.3 Å². The zero-order valence-electron chi connectivity index (χ0n) is 10.4. The molecule has 17 heavy (non-hydrogen) atoms. The van der Waals surface area contributed by atoms with E-state index in [1.165, 1.54) is 0 Å². The van der Waals surface area contributed by atoms with Crippen molar-refractivity contribution in [3.63, 3.8) is 0 Å². The van der Waals surface area contributed by atoms with Crippen molar-refractivity contribution >= 4 is 18.3 Å². The first-order valence-electron chi connectivity index (χ1n) is 5.63. The Bertz CT molecular complexity index is 393. The summed E-state index contributed by atoms with van der Waals surface area (Å²) in [5, 5.41) is 7.39. The van der Waals surface area contributed by atoms with Crippen LogP contribution >= 0.6 is 12.4 Å². The third-order valence-corrected chi connectivity index (χ3v) is 3.34. The molecule has 1 aromatic heterocycles. The van der Waals surface area contributed by atoms with Crippen LogP contribution in [0.3, 0.4) is 0 Å². The number of aryl methyl sites for hydroxylation is 1. The molecule has 6 heteroatoms. The lowest BCUT2D eigenvalue weighted by Gasteiger charge is -2.38. The van der Waals surface area contributed by atoms with Crippen LogP contribution in [0.2, 0.25) is 0 Å². The van der Waals surface area contributed by atoms with Crippen LogP contribution < -0.4 is 5.32 Å². The molecule has 0 aliphatic carbocycles. The number of rotatable bonds is 1. The maximum Gasteiger partial charge on any atom is 0.272 e. The van der Waals surface area contributed by atoms with E-state index in [0.29, 0.717) is 11.7 Å². The second-order valence-corrected chi connectivity index (χ2v) is 4.32. The zero-order valence-corrected chi connectivity index (χ0v) is 11.2. The van der Waals surface area contributed by atoms with Gasteiger partial charge in [0.15, 0.2) is 0 Å². The minimum Gasteiger partial charge on any atom is -0.332 e. The standard InChI is InChI=1S/C11H18N4O.ClH/c1-8-9(2)15(7-6-12-8)11(16)10-4-5-13-14(10)3;/h4-5,8-9,12H,6-7H2,1-3H3;1H. The number of aromatic nitrogens is 2. The number of nitrogens with zero attached hydrogens (tertiary/aromatic N) is 3. The summed E-state index contributed by atoms with van der Waals surface area (Å²) in [5.74, 6) is 0.0702. The van der Waals surface area contributed by atoms with E-state index in [4.69, 9.17) is 0 Å². The summed E-state index contributed by atoms with van der Waals surface area (Å²) in [4.78, 5) is 14.2. The van der Waals surface area contributed by atoms with Crippen LogP contribution in [-0.4, -0.2) is 45.8 Å². The molecule has 1 fully saturated rings. The lowest BCUT2D eigenvalue weighted by Crippen LogP contribution is -2.57. The monoisotopic (exact) mass is 258 g/mol. The van der Waals surface area contributed by atoms with Gasteiger partial charge in [0.1, 0.15) is 5.69 Å². The van der Waals surface area contributed by atoms with Gasteiger partial charge in [-0.05, 0) is 19.9 Å². The molecule has 96 valence electrons. The Kier molecular flexibility index (Phi) is 4.54. The maximum atomic E-state index is 12.3. The van der Waals surface area contributed by atoms with Gasteiger partial charge in [0.2, 0.25) is 0 Å². The highest BCUT2D eigenvalue weighted by Crippen LogP contribution is 2.13. The van der Waals surface area contributed by atoms with Crippen LogP contribution in [-0.2, 0) is 7.05 Å². The predicted molar refractivity (Wildman–Crippen MR) is 68.4 cm³/mol. The fourth-order valence-electron chi connectivity index (χ4n) is 2.07. The summed E-state index contributed by atoms with van der Waals surface area (Å²) in [6.07, 6.45) is 1.66. The molecule has 0 radical (unpaired) electrons. The van der Waals surface area contributed by atoms with Crippen molar-refractivity contribution < 1.29 is 4.79 Å². The summed E-state index contributed by atoms with van der Waals surface area (Å²) < 4.78 is 1.63. The van der Waals surface area contributed by atoms with Crippen LogP contribution in [0.25, 0.3) is 0 Å². The molecule has 1 aromatic rings. The molecule has 1 amide bonds. The molecular formula is C11H19ClN4O. The Morgan fingerprint density at radius 2 is 2.24 bits per heavy atom. The molecule has 5 nitrogen and oxygen atoms in total. The van der Waals surface area contributed by atoms with Crippen LogP contribution in [0.1, 0.15) is 24.3 Å². The highest BCUT2D eigenvalue weighted by Gasteiger charge is 2.29. The quantitative estimate of drug-likeness (QED) is 0.805. The Balaban J connectivity index is 0.00000144. The molecule has 0 bridgehead atoms. The van der Waals surface area contributed by atoms with Crippen molar-refractivity contribution in [3.05, 3.63) is 18.0 Å². The van der Waals surface area contributed by atoms with Gasteiger partial charge in [-0.25, -0.2) is 0 Å². The number of halogens is 1. The molecule has 1 saturated heterocycles. The van der Waals surface area contributed by atoms with E-state index in [1.54, 1.807) is 24.0 Å². The van der Waals surface area contributed by atoms with Crippen LogP contribution in [0.5, 0.6) is 0 Å². The van der Waals surface area contributed by atoms with Gasteiger partial charge in [-0.1, -0.05) is 0 Å². The third kappa shape index (κ3) is 2.61. The Hall–Kier alpha value is -1.07. The largest absolute Gasteiger partial charge is 0.332 e. The van der Waals surface area contributed by atoms with Crippen LogP contribution in [0.4, 0.5) is 0 Å². The van der Waals surface area contributed by atoms with E-state index in [9.17, 15) is 4.79 Å². The smallest absolute Gasteiger partial charge is 0.272 e. The van der Waals surface area contributed by atoms with Crippen molar-refractivity contribution in [1.82, 2.24) is 20.0 Å². The molecule has 1 aliphatic heterocycles. The first-order valence-corrected chi connectivity index (χ1v) is 5.63. The molecule has 2 unspecified atom stereocenters. The Morgan fingerprint density at radius 1 is 1.53 bits per heavy atom. The number of amides is 1. The summed E-state index contributed by atoms with van der Waals surface area (Å²) in [6, 6.07) is 2.32. The Labute approximate surface area is 108 Å². The maximum absolute atomic E-state index is 12.3. The van der Waals surface area contributed by atoms with E-state index in [-0.39, 0.29) is 24.4 Å². The van der Waals surface area contributed by atoms with Gasteiger partial charge in [0, 0.05) is 38.4 Å². The van der Waals surface area contributed by atoms with Crippen molar-refractivity contribution in [2.45, 2.75) is 25.9 Å².